The summed E-state index contributed by atoms with van der Waals surface area (Å²) in [4.78, 5) is 17.0. The van der Waals surface area contributed by atoms with E-state index in [1.54, 1.807) is 24.3 Å². The van der Waals surface area contributed by atoms with Crippen LogP contribution in [0.2, 0.25) is 15.1 Å². The van der Waals surface area contributed by atoms with Gasteiger partial charge in [-0.15, -0.1) is 6.58 Å². The lowest BCUT2D eigenvalue weighted by atomic mass is 10.2. The summed E-state index contributed by atoms with van der Waals surface area (Å²) in [6.07, 6.45) is 4.74. The van der Waals surface area contributed by atoms with E-state index in [-0.39, 0.29) is 0 Å². The van der Waals surface area contributed by atoms with E-state index in [1.165, 1.54) is 17.4 Å². The summed E-state index contributed by atoms with van der Waals surface area (Å²) in [6, 6.07) is 10.9. The molecule has 0 aliphatic carbocycles. The molecule has 1 aromatic heterocycles. The number of thiazole rings is 1. The van der Waals surface area contributed by atoms with Crippen LogP contribution in [0.15, 0.2) is 60.1 Å². The van der Waals surface area contributed by atoms with Crippen molar-refractivity contribution in [1.29, 1.82) is 0 Å². The van der Waals surface area contributed by atoms with Crippen molar-refractivity contribution in [3.8, 4) is 0 Å². The number of benzene rings is 2. The van der Waals surface area contributed by atoms with Crippen LogP contribution in [0.25, 0.3) is 16.3 Å². The highest BCUT2D eigenvalue weighted by molar-refractivity contribution is 7.16. The number of hydrogen-bond acceptors (Lipinski definition) is 2. The molecule has 0 fully saturated rings. The van der Waals surface area contributed by atoms with Gasteiger partial charge in [-0.05, 0) is 29.8 Å². The van der Waals surface area contributed by atoms with Crippen LogP contribution in [0.5, 0.6) is 0 Å². The number of allylic oxidation sites excluding steroid dienone is 1. The molecule has 3 aromatic rings. The third kappa shape index (κ3) is 3.94. The Labute approximate surface area is 169 Å². The van der Waals surface area contributed by atoms with Crippen LogP contribution in [0.3, 0.4) is 0 Å². The summed E-state index contributed by atoms with van der Waals surface area (Å²) in [5, 5.41) is 1.45. The van der Waals surface area contributed by atoms with Gasteiger partial charge in [-0.1, -0.05) is 70.4 Å². The van der Waals surface area contributed by atoms with Crippen LogP contribution >= 0.6 is 46.1 Å². The van der Waals surface area contributed by atoms with E-state index in [9.17, 15) is 4.79 Å². The van der Waals surface area contributed by atoms with Crippen molar-refractivity contribution in [2.75, 3.05) is 0 Å². The second kappa shape index (κ2) is 8.23. The fourth-order valence-electron chi connectivity index (χ4n) is 2.39. The topological polar surface area (TPSA) is 34.4 Å². The van der Waals surface area contributed by atoms with Crippen molar-refractivity contribution in [3.05, 3.63) is 80.6 Å². The third-order valence-corrected chi connectivity index (χ3v) is 5.74. The molecule has 0 aliphatic rings. The van der Waals surface area contributed by atoms with Gasteiger partial charge in [0.15, 0.2) is 4.80 Å². The summed E-state index contributed by atoms with van der Waals surface area (Å²) >= 11 is 19.9. The van der Waals surface area contributed by atoms with Crippen molar-refractivity contribution >= 4 is 68.3 Å². The maximum Gasteiger partial charge on any atom is 0.272 e. The molecule has 0 saturated heterocycles. The normalized spacial score (nSPS) is 12.2. The first-order valence-electron chi connectivity index (χ1n) is 7.61. The van der Waals surface area contributed by atoms with E-state index in [1.807, 2.05) is 28.8 Å². The van der Waals surface area contributed by atoms with Gasteiger partial charge in [0.1, 0.15) is 0 Å². The number of carbonyl (C=O) groups is 1. The highest BCUT2D eigenvalue weighted by Gasteiger charge is 2.12. The molecule has 0 spiro atoms. The number of aromatic nitrogens is 1. The number of nitrogens with zero attached hydrogens (tertiary/aromatic N) is 2. The summed E-state index contributed by atoms with van der Waals surface area (Å²) in [5.74, 6) is -0.392. The van der Waals surface area contributed by atoms with Gasteiger partial charge >= 0.3 is 0 Å². The van der Waals surface area contributed by atoms with E-state index < -0.39 is 5.91 Å². The zero-order valence-corrected chi connectivity index (χ0v) is 16.5. The summed E-state index contributed by atoms with van der Waals surface area (Å²) in [6.45, 7) is 4.21. The minimum atomic E-state index is -0.392. The quantitative estimate of drug-likeness (QED) is 0.375. The Bertz CT molecular complexity index is 1100. The lowest BCUT2D eigenvalue weighted by molar-refractivity contribution is -0.113. The molecule has 0 saturated carbocycles. The van der Waals surface area contributed by atoms with Gasteiger partial charge in [-0.3, -0.25) is 4.79 Å². The summed E-state index contributed by atoms with van der Waals surface area (Å²) < 4.78 is 2.71. The van der Waals surface area contributed by atoms with Crippen molar-refractivity contribution in [1.82, 2.24) is 4.57 Å². The maximum absolute atomic E-state index is 12.3. The molecule has 0 aliphatic heterocycles. The third-order valence-electron chi connectivity index (χ3n) is 3.56. The van der Waals surface area contributed by atoms with Crippen LogP contribution in [0.4, 0.5) is 0 Å². The van der Waals surface area contributed by atoms with Crippen LogP contribution in [-0.2, 0) is 11.3 Å². The monoisotopic (exact) mass is 422 g/mol. The smallest absolute Gasteiger partial charge is 0.272 e. The Morgan fingerprint density at radius 1 is 1.15 bits per heavy atom. The molecular formula is C19H13Cl3N2OS. The Kier molecular flexibility index (Phi) is 5.99. The van der Waals surface area contributed by atoms with Gasteiger partial charge in [0.05, 0.1) is 20.3 Å². The molecule has 0 unspecified atom stereocenters. The van der Waals surface area contributed by atoms with Crippen molar-refractivity contribution in [2.45, 2.75) is 6.54 Å². The number of amides is 1. The largest absolute Gasteiger partial charge is 0.311 e. The first kappa shape index (κ1) is 18.9. The molecule has 0 radical (unpaired) electrons. The fourth-order valence-corrected chi connectivity index (χ4v) is 4.12. The van der Waals surface area contributed by atoms with Crippen LogP contribution in [0, 0.1) is 0 Å². The maximum atomic E-state index is 12.3. The molecule has 1 heterocycles. The number of halogens is 3. The fraction of sp³-hybridized carbons (Fsp3) is 0.0526. The van der Waals surface area contributed by atoms with Crippen molar-refractivity contribution < 1.29 is 4.79 Å². The van der Waals surface area contributed by atoms with E-state index in [4.69, 9.17) is 34.8 Å². The molecule has 0 bridgehead atoms. The first-order valence-corrected chi connectivity index (χ1v) is 9.56. The van der Waals surface area contributed by atoms with Gasteiger partial charge in [0.2, 0.25) is 0 Å². The SMILES string of the molecule is C=CCn1c(=NC(=O)/C=C/c2ccccc2Cl)sc2ccc(Cl)c(Cl)c21. The molecule has 26 heavy (non-hydrogen) atoms. The van der Waals surface area contributed by atoms with Crippen LogP contribution in [0.1, 0.15) is 5.56 Å². The first-order chi connectivity index (χ1) is 12.5. The summed E-state index contributed by atoms with van der Waals surface area (Å²) in [7, 11) is 0. The number of rotatable bonds is 4. The zero-order chi connectivity index (χ0) is 18.7. The molecule has 1 amide bonds. The lowest BCUT2D eigenvalue weighted by Crippen LogP contribution is -2.15. The molecule has 132 valence electrons. The van der Waals surface area contributed by atoms with E-state index in [2.05, 4.69) is 11.6 Å². The molecule has 3 nitrogen and oxygen atoms in total. The highest BCUT2D eigenvalue weighted by Crippen LogP contribution is 2.32. The average molecular weight is 424 g/mol. The van der Waals surface area contributed by atoms with E-state index >= 15 is 0 Å². The molecule has 2 aromatic carbocycles. The average Bonchev–Trinajstić information content (AvgIpc) is 2.96. The Hall–Kier alpha value is -1.85. The van der Waals surface area contributed by atoms with Gasteiger partial charge in [0.25, 0.3) is 5.91 Å². The molecule has 0 N–H and O–H groups in total. The van der Waals surface area contributed by atoms with E-state index in [0.717, 1.165) is 15.8 Å². The van der Waals surface area contributed by atoms with Gasteiger partial charge < -0.3 is 4.57 Å². The highest BCUT2D eigenvalue weighted by atomic mass is 35.5. The van der Waals surface area contributed by atoms with Gasteiger partial charge in [-0.2, -0.15) is 4.99 Å². The number of carbonyl (C=O) groups excluding carboxylic acids is 1. The van der Waals surface area contributed by atoms with Gasteiger partial charge in [-0.25, -0.2) is 0 Å². The Balaban J connectivity index is 2.05. The van der Waals surface area contributed by atoms with Crippen molar-refractivity contribution in [2.24, 2.45) is 4.99 Å². The van der Waals surface area contributed by atoms with Crippen LogP contribution in [-0.4, -0.2) is 10.5 Å². The van der Waals surface area contributed by atoms with Crippen molar-refractivity contribution in [3.63, 3.8) is 0 Å². The predicted octanol–water partition coefficient (Wildman–Crippen LogP) is 5.99. The molecule has 0 atom stereocenters. The van der Waals surface area contributed by atoms with Gasteiger partial charge in [0, 0.05) is 17.6 Å². The Morgan fingerprint density at radius 2 is 1.92 bits per heavy atom. The Morgan fingerprint density at radius 3 is 2.65 bits per heavy atom. The summed E-state index contributed by atoms with van der Waals surface area (Å²) in [5.41, 5.74) is 1.49. The molecule has 3 rings (SSSR count). The lowest BCUT2D eigenvalue weighted by Gasteiger charge is -2.03. The number of fused-ring (bicyclic) bond motifs is 1. The second-order valence-electron chi connectivity index (χ2n) is 5.30. The van der Waals surface area contributed by atoms with E-state index in [0.29, 0.717) is 26.4 Å². The zero-order valence-electron chi connectivity index (χ0n) is 13.5. The molecule has 7 heteroatoms. The minimum Gasteiger partial charge on any atom is -0.311 e. The predicted molar refractivity (Wildman–Crippen MR) is 111 cm³/mol. The second-order valence-corrected chi connectivity index (χ2v) is 7.50. The molecular weight excluding hydrogens is 411 g/mol. The minimum absolute atomic E-state index is 0.392. The number of hydrogen-bond donors (Lipinski definition) is 0. The van der Waals surface area contributed by atoms with Crippen LogP contribution < -0.4 is 4.80 Å². The standard InChI is InChI=1S/C19H13Cl3N2OS/c1-2-11-24-18-15(9-8-14(21)17(18)22)26-19(24)23-16(25)10-7-12-5-3-4-6-13(12)20/h2-10H,1,11H2/b10-7+,23-19?.